The molecule has 0 spiro atoms. The van der Waals surface area contributed by atoms with E-state index in [4.69, 9.17) is 0 Å². The topological polar surface area (TPSA) is 69.7 Å². The quantitative estimate of drug-likeness (QED) is 0.804. The molecule has 2 amide bonds. The Balaban J connectivity index is 1.49. The van der Waals surface area contributed by atoms with Gasteiger partial charge in [-0.15, -0.1) is 11.3 Å². The van der Waals surface area contributed by atoms with Crippen molar-refractivity contribution in [3.63, 3.8) is 0 Å². The van der Waals surface area contributed by atoms with Gasteiger partial charge in [0.05, 0.1) is 11.4 Å². The van der Waals surface area contributed by atoms with Gasteiger partial charge in [0.25, 0.3) is 5.91 Å². The number of hydrogen-bond donors (Lipinski definition) is 1. The molecule has 2 aromatic rings. The molecule has 0 bridgehead atoms. The van der Waals surface area contributed by atoms with Crippen LogP contribution in [0.1, 0.15) is 31.8 Å². The molecule has 2 heterocycles. The molecule has 3 rings (SSSR count). The lowest BCUT2D eigenvalue weighted by molar-refractivity contribution is -0.117. The summed E-state index contributed by atoms with van der Waals surface area (Å²) >= 11 is 1.51. The molecule has 1 aromatic carbocycles. The summed E-state index contributed by atoms with van der Waals surface area (Å²) in [4.78, 5) is 42.0. The second kappa shape index (κ2) is 8.45. The van der Waals surface area contributed by atoms with E-state index in [1.165, 1.54) is 18.3 Å². The molecular formula is C20H23N3O3S. The van der Waals surface area contributed by atoms with Crippen molar-refractivity contribution in [2.75, 3.05) is 38.0 Å². The first kappa shape index (κ1) is 19.3. The van der Waals surface area contributed by atoms with Crippen LogP contribution in [0.3, 0.4) is 0 Å². The fourth-order valence-electron chi connectivity index (χ4n) is 3.03. The Kier molecular flexibility index (Phi) is 6.03. The van der Waals surface area contributed by atoms with Gasteiger partial charge in [0.15, 0.2) is 5.78 Å². The van der Waals surface area contributed by atoms with Crippen molar-refractivity contribution >= 4 is 34.6 Å². The molecule has 1 N–H and O–H groups in total. The standard InChI is InChI=1S/C20H23N3O3S/c1-14-6-7-18(27-14)20(26)23-10-8-22(9-11-23)13-19(25)21-17-5-3-4-16(12-17)15(2)24/h3-7,12H,8-11,13H2,1-2H3,(H,21,25). The molecule has 1 fully saturated rings. The van der Waals surface area contributed by atoms with Crippen LogP contribution < -0.4 is 5.32 Å². The molecule has 7 heteroatoms. The minimum atomic E-state index is -0.121. The number of Topliss-reactive ketones (excluding diaryl/α,β-unsaturated/α-hetero) is 1. The average molecular weight is 385 g/mol. The summed E-state index contributed by atoms with van der Waals surface area (Å²) < 4.78 is 0. The number of benzene rings is 1. The molecular weight excluding hydrogens is 362 g/mol. The molecule has 27 heavy (non-hydrogen) atoms. The summed E-state index contributed by atoms with van der Waals surface area (Å²) in [6, 6.07) is 10.8. The van der Waals surface area contributed by atoms with E-state index in [1.54, 1.807) is 24.3 Å². The first-order chi connectivity index (χ1) is 12.9. The van der Waals surface area contributed by atoms with Crippen molar-refractivity contribution in [1.82, 2.24) is 9.80 Å². The molecule has 0 radical (unpaired) electrons. The lowest BCUT2D eigenvalue weighted by Gasteiger charge is -2.34. The van der Waals surface area contributed by atoms with Crippen LogP contribution in [0.4, 0.5) is 5.69 Å². The second-order valence-electron chi connectivity index (χ2n) is 6.66. The van der Waals surface area contributed by atoms with Crippen LogP contribution in [0, 0.1) is 6.92 Å². The third kappa shape index (κ3) is 5.02. The highest BCUT2D eigenvalue weighted by atomic mass is 32.1. The van der Waals surface area contributed by atoms with E-state index >= 15 is 0 Å². The highest BCUT2D eigenvalue weighted by Crippen LogP contribution is 2.18. The molecule has 1 aromatic heterocycles. The predicted octanol–water partition coefficient (Wildman–Crippen LogP) is 2.66. The van der Waals surface area contributed by atoms with Gasteiger partial charge in [-0.3, -0.25) is 19.3 Å². The molecule has 142 valence electrons. The summed E-state index contributed by atoms with van der Waals surface area (Å²) in [7, 11) is 0. The van der Waals surface area contributed by atoms with Crippen LogP contribution >= 0.6 is 11.3 Å². The zero-order valence-corrected chi connectivity index (χ0v) is 16.3. The van der Waals surface area contributed by atoms with Gasteiger partial charge in [-0.1, -0.05) is 12.1 Å². The maximum absolute atomic E-state index is 12.5. The van der Waals surface area contributed by atoms with E-state index in [-0.39, 0.29) is 24.1 Å². The SMILES string of the molecule is CC(=O)c1cccc(NC(=O)CN2CCN(C(=O)c3ccc(C)s3)CC2)c1. The van der Waals surface area contributed by atoms with Crippen LogP contribution in [0.2, 0.25) is 0 Å². The van der Waals surface area contributed by atoms with E-state index < -0.39 is 0 Å². The van der Waals surface area contributed by atoms with E-state index in [2.05, 4.69) is 5.32 Å². The largest absolute Gasteiger partial charge is 0.335 e. The number of hydrogen-bond acceptors (Lipinski definition) is 5. The molecule has 6 nitrogen and oxygen atoms in total. The summed E-state index contributed by atoms with van der Waals surface area (Å²) in [6.07, 6.45) is 0. The molecule has 1 aliphatic rings. The van der Waals surface area contributed by atoms with E-state index in [0.717, 1.165) is 9.75 Å². The zero-order chi connectivity index (χ0) is 19.4. The van der Waals surface area contributed by atoms with Gasteiger partial charge in [-0.05, 0) is 38.1 Å². The maximum atomic E-state index is 12.5. The summed E-state index contributed by atoms with van der Waals surface area (Å²) in [5.74, 6) is -0.0876. The van der Waals surface area contributed by atoms with Crippen molar-refractivity contribution in [3.8, 4) is 0 Å². The summed E-state index contributed by atoms with van der Waals surface area (Å²) in [5, 5.41) is 2.84. The van der Waals surface area contributed by atoms with Gasteiger partial charge < -0.3 is 10.2 Å². The van der Waals surface area contributed by atoms with Gasteiger partial charge in [-0.25, -0.2) is 0 Å². The number of nitrogens with zero attached hydrogens (tertiary/aromatic N) is 2. The lowest BCUT2D eigenvalue weighted by atomic mass is 10.1. The van der Waals surface area contributed by atoms with E-state index in [0.29, 0.717) is 37.4 Å². The number of carbonyl (C=O) groups is 3. The van der Waals surface area contributed by atoms with Crippen LogP contribution in [0.25, 0.3) is 0 Å². The van der Waals surface area contributed by atoms with Crippen molar-refractivity contribution in [2.45, 2.75) is 13.8 Å². The lowest BCUT2D eigenvalue weighted by Crippen LogP contribution is -2.50. The number of aryl methyl sites for hydroxylation is 1. The maximum Gasteiger partial charge on any atom is 0.264 e. The van der Waals surface area contributed by atoms with Crippen LogP contribution in [-0.4, -0.2) is 60.1 Å². The summed E-state index contributed by atoms with van der Waals surface area (Å²) in [5.41, 5.74) is 1.19. The molecule has 1 aliphatic heterocycles. The van der Waals surface area contributed by atoms with Crippen LogP contribution in [-0.2, 0) is 4.79 Å². The Hall–Kier alpha value is -2.51. The number of carbonyl (C=O) groups excluding carboxylic acids is 3. The smallest absolute Gasteiger partial charge is 0.264 e. The van der Waals surface area contributed by atoms with Crippen LogP contribution in [0.5, 0.6) is 0 Å². The molecule has 1 saturated heterocycles. The second-order valence-corrected chi connectivity index (χ2v) is 7.95. The monoisotopic (exact) mass is 385 g/mol. The highest BCUT2D eigenvalue weighted by molar-refractivity contribution is 7.13. The number of amides is 2. The van der Waals surface area contributed by atoms with Crippen molar-refractivity contribution in [2.24, 2.45) is 0 Å². The minimum Gasteiger partial charge on any atom is -0.335 e. The van der Waals surface area contributed by atoms with Gasteiger partial charge in [0.2, 0.25) is 5.91 Å². The normalized spacial score (nSPS) is 14.8. The van der Waals surface area contributed by atoms with Crippen molar-refractivity contribution in [1.29, 1.82) is 0 Å². The number of nitrogens with one attached hydrogen (secondary N) is 1. The van der Waals surface area contributed by atoms with Gasteiger partial charge in [-0.2, -0.15) is 0 Å². The fraction of sp³-hybridized carbons (Fsp3) is 0.350. The summed E-state index contributed by atoms with van der Waals surface area (Å²) in [6.45, 7) is 6.31. The number of anilines is 1. The van der Waals surface area contributed by atoms with E-state index in [9.17, 15) is 14.4 Å². The number of ketones is 1. The van der Waals surface area contributed by atoms with Crippen molar-refractivity contribution in [3.05, 3.63) is 51.7 Å². The van der Waals surface area contributed by atoms with Gasteiger partial charge in [0, 0.05) is 42.3 Å². The number of rotatable bonds is 5. The molecule has 0 atom stereocenters. The Bertz CT molecular complexity index is 854. The van der Waals surface area contributed by atoms with E-state index in [1.807, 2.05) is 28.9 Å². The first-order valence-corrected chi connectivity index (χ1v) is 9.73. The Labute approximate surface area is 162 Å². The number of thiophene rings is 1. The average Bonchev–Trinajstić information content (AvgIpc) is 3.08. The van der Waals surface area contributed by atoms with Crippen molar-refractivity contribution < 1.29 is 14.4 Å². The predicted molar refractivity (Wildman–Crippen MR) is 106 cm³/mol. The number of piperazine rings is 1. The third-order valence-corrected chi connectivity index (χ3v) is 5.52. The van der Waals surface area contributed by atoms with Gasteiger partial charge in [0.1, 0.15) is 0 Å². The van der Waals surface area contributed by atoms with Crippen LogP contribution in [0.15, 0.2) is 36.4 Å². The molecule has 0 saturated carbocycles. The first-order valence-electron chi connectivity index (χ1n) is 8.91. The van der Waals surface area contributed by atoms with Gasteiger partial charge >= 0.3 is 0 Å². The Morgan fingerprint density at radius 3 is 2.44 bits per heavy atom. The molecule has 0 unspecified atom stereocenters. The zero-order valence-electron chi connectivity index (χ0n) is 15.5. The fourth-order valence-corrected chi connectivity index (χ4v) is 3.87. The highest BCUT2D eigenvalue weighted by Gasteiger charge is 2.24. The third-order valence-electron chi connectivity index (χ3n) is 4.53. The molecule has 0 aliphatic carbocycles. The Morgan fingerprint density at radius 1 is 1.07 bits per heavy atom. The Morgan fingerprint density at radius 2 is 1.81 bits per heavy atom. The minimum absolute atomic E-state index is 0.0344.